The summed E-state index contributed by atoms with van der Waals surface area (Å²) in [6, 6.07) is 4.78. The summed E-state index contributed by atoms with van der Waals surface area (Å²) in [4.78, 5) is 15.9. The van der Waals surface area contributed by atoms with E-state index >= 15 is 0 Å². The molecule has 9 heteroatoms. The monoisotopic (exact) mass is 376 g/mol. The molecule has 0 unspecified atom stereocenters. The molecule has 1 amide bonds. The van der Waals surface area contributed by atoms with E-state index in [0.717, 1.165) is 18.4 Å². The molecule has 1 aliphatic carbocycles. The van der Waals surface area contributed by atoms with Crippen LogP contribution in [0.5, 0.6) is 0 Å². The van der Waals surface area contributed by atoms with Gasteiger partial charge in [0.25, 0.3) is 0 Å². The highest BCUT2D eigenvalue weighted by atomic mass is 32.2. The van der Waals surface area contributed by atoms with Crippen LogP contribution in [-0.2, 0) is 26.8 Å². The van der Waals surface area contributed by atoms with E-state index in [-0.39, 0.29) is 10.8 Å². The van der Waals surface area contributed by atoms with E-state index < -0.39 is 15.6 Å². The smallest absolute Gasteiger partial charge is 0.241 e. The Balaban J connectivity index is 1.67. The summed E-state index contributed by atoms with van der Waals surface area (Å²) in [5.74, 6) is 0.750. The average Bonchev–Trinajstić information content (AvgIpc) is 3.24. The minimum Gasteiger partial charge on any atom is -0.340 e. The fourth-order valence-electron chi connectivity index (χ4n) is 3.69. The van der Waals surface area contributed by atoms with Crippen LogP contribution in [0.15, 0.2) is 27.6 Å². The van der Waals surface area contributed by atoms with Crippen LogP contribution in [0.4, 0.5) is 5.69 Å². The van der Waals surface area contributed by atoms with Crippen molar-refractivity contribution in [3.8, 4) is 0 Å². The number of sulfonamides is 1. The second-order valence-electron chi connectivity index (χ2n) is 6.90. The molecule has 1 saturated carbocycles. The van der Waals surface area contributed by atoms with Crippen LogP contribution >= 0.6 is 0 Å². The van der Waals surface area contributed by atoms with Crippen molar-refractivity contribution in [2.45, 2.75) is 55.9 Å². The van der Waals surface area contributed by atoms with Crippen LogP contribution in [0.25, 0.3) is 0 Å². The summed E-state index contributed by atoms with van der Waals surface area (Å²) in [6.45, 7) is 1.69. The van der Waals surface area contributed by atoms with Gasteiger partial charge in [0.2, 0.25) is 21.8 Å². The van der Waals surface area contributed by atoms with Crippen LogP contribution in [0.1, 0.15) is 49.4 Å². The van der Waals surface area contributed by atoms with Gasteiger partial charge in [0.15, 0.2) is 5.82 Å². The molecule has 1 aromatic carbocycles. The topological polar surface area (TPSA) is 114 Å². The van der Waals surface area contributed by atoms with Gasteiger partial charge >= 0.3 is 0 Å². The zero-order chi connectivity index (χ0) is 18.4. The van der Waals surface area contributed by atoms with Gasteiger partial charge in [0.05, 0.1) is 10.4 Å². The Morgan fingerprint density at radius 3 is 2.69 bits per heavy atom. The molecular formula is C17H20N4O4S. The molecule has 138 valence electrons. The number of rotatable bonds is 4. The van der Waals surface area contributed by atoms with Crippen molar-refractivity contribution in [2.75, 3.05) is 5.32 Å². The second kappa shape index (κ2) is 6.17. The first-order chi connectivity index (χ1) is 12.4. The van der Waals surface area contributed by atoms with Crippen molar-refractivity contribution in [1.82, 2.24) is 14.9 Å². The molecule has 0 bridgehead atoms. The molecule has 2 heterocycles. The Bertz CT molecular complexity index is 961. The van der Waals surface area contributed by atoms with E-state index in [1.807, 2.05) is 0 Å². The minimum absolute atomic E-state index is 0.0522. The number of hydrogen-bond donors (Lipinski definition) is 2. The van der Waals surface area contributed by atoms with Crippen molar-refractivity contribution < 1.29 is 17.7 Å². The first kappa shape index (κ1) is 17.2. The lowest BCUT2D eigenvalue weighted by Crippen LogP contribution is -2.44. The number of aromatic nitrogens is 2. The van der Waals surface area contributed by atoms with Crippen molar-refractivity contribution in [3.63, 3.8) is 0 Å². The zero-order valence-electron chi connectivity index (χ0n) is 14.4. The number of amides is 1. The summed E-state index contributed by atoms with van der Waals surface area (Å²) < 4.78 is 34.0. The van der Waals surface area contributed by atoms with E-state index in [1.54, 1.807) is 19.1 Å². The molecule has 4 rings (SSSR count). The van der Waals surface area contributed by atoms with Crippen molar-refractivity contribution in [3.05, 3.63) is 35.5 Å². The highest BCUT2D eigenvalue weighted by Gasteiger charge is 2.43. The maximum absolute atomic E-state index is 13.0. The lowest BCUT2D eigenvalue weighted by atomic mass is 9.98. The van der Waals surface area contributed by atoms with Crippen molar-refractivity contribution >= 4 is 21.6 Å². The van der Waals surface area contributed by atoms with Gasteiger partial charge in [-0.2, -0.15) is 9.71 Å². The number of hydrogen-bond acceptors (Lipinski definition) is 6. The lowest BCUT2D eigenvalue weighted by molar-refractivity contribution is -0.116. The number of aryl methyl sites for hydroxylation is 2. The molecule has 2 aliphatic rings. The van der Waals surface area contributed by atoms with E-state index in [1.165, 1.54) is 6.07 Å². The number of benzene rings is 1. The Labute approximate surface area is 151 Å². The predicted molar refractivity (Wildman–Crippen MR) is 92.9 cm³/mol. The molecule has 0 radical (unpaired) electrons. The SMILES string of the molecule is Cc1nc(C2(NS(=O)(=O)c3ccc4c(c3)CCC(=O)N4)CCCC2)no1. The highest BCUT2D eigenvalue weighted by Crippen LogP contribution is 2.39. The van der Waals surface area contributed by atoms with Crippen LogP contribution in [-0.4, -0.2) is 24.5 Å². The molecular weight excluding hydrogens is 356 g/mol. The Morgan fingerprint density at radius 1 is 1.23 bits per heavy atom. The minimum atomic E-state index is -3.77. The number of nitrogens with one attached hydrogen (secondary N) is 2. The fraction of sp³-hybridized carbons (Fsp3) is 0.471. The Hall–Kier alpha value is -2.26. The molecule has 1 aromatic heterocycles. The highest BCUT2D eigenvalue weighted by molar-refractivity contribution is 7.89. The summed E-state index contributed by atoms with van der Waals surface area (Å²) in [7, 11) is -3.77. The van der Waals surface area contributed by atoms with Crippen molar-refractivity contribution in [2.24, 2.45) is 0 Å². The molecule has 1 fully saturated rings. The Kier molecular flexibility index (Phi) is 4.07. The van der Waals surface area contributed by atoms with E-state index in [2.05, 4.69) is 20.2 Å². The number of nitrogens with zero attached hydrogens (tertiary/aromatic N) is 2. The summed E-state index contributed by atoms with van der Waals surface area (Å²) in [5.41, 5.74) is 0.661. The molecule has 2 aromatic rings. The third-order valence-corrected chi connectivity index (χ3v) is 6.56. The predicted octanol–water partition coefficient (Wildman–Crippen LogP) is 2.01. The lowest BCUT2D eigenvalue weighted by Gasteiger charge is -2.27. The van der Waals surface area contributed by atoms with E-state index in [9.17, 15) is 13.2 Å². The van der Waals surface area contributed by atoms with E-state index in [4.69, 9.17) is 4.52 Å². The first-order valence-corrected chi connectivity index (χ1v) is 10.1. The molecule has 26 heavy (non-hydrogen) atoms. The molecule has 1 aliphatic heterocycles. The van der Waals surface area contributed by atoms with Gasteiger partial charge in [-0.25, -0.2) is 8.42 Å². The third-order valence-electron chi connectivity index (χ3n) is 5.02. The normalized spacial score (nSPS) is 19.2. The van der Waals surface area contributed by atoms with Gasteiger partial charge in [0, 0.05) is 19.0 Å². The number of fused-ring (bicyclic) bond motifs is 1. The zero-order valence-corrected chi connectivity index (χ0v) is 15.2. The van der Waals surface area contributed by atoms with Gasteiger partial charge in [-0.1, -0.05) is 18.0 Å². The maximum atomic E-state index is 13.0. The van der Waals surface area contributed by atoms with Gasteiger partial charge in [-0.3, -0.25) is 4.79 Å². The van der Waals surface area contributed by atoms with Crippen LogP contribution in [0.3, 0.4) is 0 Å². The number of carbonyl (C=O) groups is 1. The molecule has 8 nitrogen and oxygen atoms in total. The Morgan fingerprint density at radius 2 is 2.00 bits per heavy atom. The van der Waals surface area contributed by atoms with Crippen LogP contribution in [0, 0.1) is 6.92 Å². The molecule has 0 saturated heterocycles. The summed E-state index contributed by atoms with van der Waals surface area (Å²) in [5, 5.41) is 6.73. The quantitative estimate of drug-likeness (QED) is 0.844. The third kappa shape index (κ3) is 3.01. The average molecular weight is 376 g/mol. The number of carbonyl (C=O) groups excluding carboxylic acids is 1. The van der Waals surface area contributed by atoms with Crippen LogP contribution in [0.2, 0.25) is 0 Å². The first-order valence-electron chi connectivity index (χ1n) is 8.66. The van der Waals surface area contributed by atoms with Gasteiger partial charge < -0.3 is 9.84 Å². The van der Waals surface area contributed by atoms with Gasteiger partial charge in [-0.05, 0) is 43.0 Å². The van der Waals surface area contributed by atoms with Crippen molar-refractivity contribution in [1.29, 1.82) is 0 Å². The second-order valence-corrected chi connectivity index (χ2v) is 8.58. The maximum Gasteiger partial charge on any atom is 0.241 e. The van der Waals surface area contributed by atoms with Gasteiger partial charge in [-0.15, -0.1) is 0 Å². The fourth-order valence-corrected chi connectivity index (χ4v) is 5.16. The molecule has 2 N–H and O–H groups in total. The molecule has 0 spiro atoms. The van der Waals surface area contributed by atoms with Crippen LogP contribution < -0.4 is 10.0 Å². The standard InChI is InChI=1S/C17H20N4O4S/c1-11-18-16(20-25-11)17(8-2-3-9-17)21-26(23,24)13-5-6-14-12(10-13)4-7-15(22)19-14/h5-6,10,21H,2-4,7-9H2,1H3,(H,19,22). The molecule has 0 atom stereocenters. The van der Waals surface area contributed by atoms with Gasteiger partial charge in [0.1, 0.15) is 0 Å². The van der Waals surface area contributed by atoms with E-state index in [0.29, 0.717) is 43.1 Å². The summed E-state index contributed by atoms with van der Waals surface area (Å²) in [6.07, 6.45) is 3.94. The number of anilines is 1. The largest absolute Gasteiger partial charge is 0.340 e. The summed E-state index contributed by atoms with van der Waals surface area (Å²) >= 11 is 0.